The minimum atomic E-state index is -2.77. The second-order valence-electron chi connectivity index (χ2n) is 6.83. The molecule has 0 spiro atoms. The standard InChI is InChI=1S/C21H23BrO6/c1-20(27,18(25)16(23)12-14-8-4-2-5-9-14)21(22,28)19(26)17(24)13-15-10-6-3-7-11-15/h2-11,16-17,23-24,27-28H,12-13H2,1H3/t16?,17?,20-,21-/m1/s1. The molecule has 4 atom stereocenters. The van der Waals surface area contributed by atoms with E-state index in [1.165, 1.54) is 0 Å². The number of ketones is 2. The zero-order chi connectivity index (χ0) is 20.9. The third-order valence-corrected chi connectivity index (χ3v) is 5.76. The number of hydrogen-bond acceptors (Lipinski definition) is 6. The lowest BCUT2D eigenvalue weighted by molar-refractivity contribution is -0.170. The molecule has 0 fully saturated rings. The number of aliphatic hydroxyl groups is 4. The second-order valence-corrected chi connectivity index (χ2v) is 7.98. The monoisotopic (exact) mass is 450 g/mol. The summed E-state index contributed by atoms with van der Waals surface area (Å²) in [6.45, 7) is 0.922. The summed E-state index contributed by atoms with van der Waals surface area (Å²) in [6.07, 6.45) is -3.53. The summed E-state index contributed by atoms with van der Waals surface area (Å²) in [4.78, 5) is 25.1. The molecular formula is C21H23BrO6. The first-order chi connectivity index (χ1) is 13.1. The van der Waals surface area contributed by atoms with E-state index in [-0.39, 0.29) is 12.8 Å². The smallest absolute Gasteiger partial charge is 0.216 e. The van der Waals surface area contributed by atoms with Crippen molar-refractivity contribution in [3.63, 3.8) is 0 Å². The van der Waals surface area contributed by atoms with Crippen LogP contribution in [0.5, 0.6) is 0 Å². The molecule has 0 radical (unpaired) electrons. The summed E-state index contributed by atoms with van der Waals surface area (Å²) >= 11 is 2.70. The van der Waals surface area contributed by atoms with Crippen molar-refractivity contribution in [2.75, 3.05) is 0 Å². The van der Waals surface area contributed by atoms with Gasteiger partial charge < -0.3 is 20.4 Å². The zero-order valence-corrected chi connectivity index (χ0v) is 16.9. The maximum atomic E-state index is 12.6. The Morgan fingerprint density at radius 3 is 1.57 bits per heavy atom. The van der Waals surface area contributed by atoms with Gasteiger partial charge in [0.25, 0.3) is 0 Å². The lowest BCUT2D eigenvalue weighted by Crippen LogP contribution is -2.63. The fraction of sp³-hybridized carbons (Fsp3) is 0.333. The number of halogens is 1. The molecule has 0 amide bonds. The van der Waals surface area contributed by atoms with E-state index in [1.54, 1.807) is 60.7 Å². The van der Waals surface area contributed by atoms with E-state index < -0.39 is 33.9 Å². The summed E-state index contributed by atoms with van der Waals surface area (Å²) < 4.78 is -2.77. The van der Waals surface area contributed by atoms with Gasteiger partial charge in [-0.3, -0.25) is 9.59 Å². The van der Waals surface area contributed by atoms with E-state index in [4.69, 9.17) is 0 Å². The Morgan fingerprint density at radius 1 is 0.821 bits per heavy atom. The molecule has 2 aromatic carbocycles. The van der Waals surface area contributed by atoms with Gasteiger partial charge in [-0.25, -0.2) is 0 Å². The van der Waals surface area contributed by atoms with Crippen molar-refractivity contribution in [2.24, 2.45) is 0 Å². The van der Waals surface area contributed by atoms with Crippen LogP contribution in [0, 0.1) is 0 Å². The van der Waals surface area contributed by atoms with Gasteiger partial charge in [-0.15, -0.1) is 0 Å². The molecule has 150 valence electrons. The summed E-state index contributed by atoms with van der Waals surface area (Å²) in [5, 5.41) is 41.6. The molecule has 2 unspecified atom stereocenters. The molecule has 0 bridgehead atoms. The van der Waals surface area contributed by atoms with Crippen LogP contribution in [0.4, 0.5) is 0 Å². The molecule has 2 aromatic rings. The fourth-order valence-electron chi connectivity index (χ4n) is 2.81. The highest BCUT2D eigenvalue weighted by molar-refractivity contribution is 9.10. The van der Waals surface area contributed by atoms with Crippen molar-refractivity contribution in [1.82, 2.24) is 0 Å². The lowest BCUT2D eigenvalue weighted by atomic mass is 9.84. The van der Waals surface area contributed by atoms with Crippen molar-refractivity contribution in [3.8, 4) is 0 Å². The average molecular weight is 451 g/mol. The Labute approximate surface area is 171 Å². The topological polar surface area (TPSA) is 115 Å². The van der Waals surface area contributed by atoms with Crippen molar-refractivity contribution < 1.29 is 30.0 Å². The summed E-state index contributed by atoms with van der Waals surface area (Å²) in [6, 6.07) is 17.2. The summed E-state index contributed by atoms with van der Waals surface area (Å²) in [5.74, 6) is -2.32. The number of aliphatic hydroxyl groups excluding tert-OH is 2. The zero-order valence-electron chi connectivity index (χ0n) is 15.3. The Kier molecular flexibility index (Phi) is 7.25. The van der Waals surface area contributed by atoms with E-state index >= 15 is 0 Å². The van der Waals surface area contributed by atoms with Crippen molar-refractivity contribution in [1.29, 1.82) is 0 Å². The van der Waals surface area contributed by atoms with Crippen LogP contribution < -0.4 is 0 Å². The van der Waals surface area contributed by atoms with Gasteiger partial charge in [0.05, 0.1) is 0 Å². The molecule has 0 aromatic heterocycles. The highest BCUT2D eigenvalue weighted by Crippen LogP contribution is 2.33. The van der Waals surface area contributed by atoms with Crippen molar-refractivity contribution >= 4 is 27.5 Å². The maximum absolute atomic E-state index is 12.6. The van der Waals surface area contributed by atoms with E-state index in [0.29, 0.717) is 11.1 Å². The lowest BCUT2D eigenvalue weighted by Gasteiger charge is -2.36. The molecule has 28 heavy (non-hydrogen) atoms. The molecule has 0 saturated carbocycles. The maximum Gasteiger partial charge on any atom is 0.216 e. The summed E-state index contributed by atoms with van der Waals surface area (Å²) in [7, 11) is 0. The van der Waals surface area contributed by atoms with Gasteiger partial charge >= 0.3 is 0 Å². The Morgan fingerprint density at radius 2 is 1.18 bits per heavy atom. The van der Waals surface area contributed by atoms with E-state index in [2.05, 4.69) is 15.9 Å². The van der Waals surface area contributed by atoms with Crippen LogP contribution in [-0.4, -0.2) is 54.3 Å². The predicted octanol–water partition coefficient (Wildman–Crippen LogP) is 1.17. The Hall–Kier alpha value is -1.90. The quantitative estimate of drug-likeness (QED) is 0.426. The predicted molar refractivity (Wildman–Crippen MR) is 107 cm³/mol. The molecule has 0 saturated heterocycles. The number of benzene rings is 2. The summed E-state index contributed by atoms with van der Waals surface area (Å²) in [5.41, 5.74) is -1.38. The van der Waals surface area contributed by atoms with E-state index in [0.717, 1.165) is 6.92 Å². The number of carbonyl (C=O) groups is 2. The van der Waals surface area contributed by atoms with Gasteiger partial charge in [0.15, 0.2) is 11.4 Å². The van der Waals surface area contributed by atoms with Crippen LogP contribution in [0.2, 0.25) is 0 Å². The molecule has 0 aliphatic carbocycles. The number of Topliss-reactive ketones (excluding diaryl/α,β-unsaturated/α-hetero) is 2. The number of alkyl halides is 1. The fourth-order valence-corrected chi connectivity index (χ4v) is 3.27. The number of carbonyl (C=O) groups excluding carboxylic acids is 2. The molecule has 7 heteroatoms. The second kappa shape index (κ2) is 9.07. The van der Waals surface area contributed by atoms with Crippen LogP contribution in [-0.2, 0) is 22.4 Å². The molecule has 6 nitrogen and oxygen atoms in total. The van der Waals surface area contributed by atoms with Crippen LogP contribution >= 0.6 is 15.9 Å². The van der Waals surface area contributed by atoms with Gasteiger partial charge in [0.1, 0.15) is 12.2 Å². The van der Waals surface area contributed by atoms with Crippen LogP contribution in [0.3, 0.4) is 0 Å². The molecule has 0 aliphatic heterocycles. The molecule has 2 rings (SSSR count). The first-order valence-electron chi connectivity index (χ1n) is 8.73. The normalized spacial score (nSPS) is 17.8. The highest BCUT2D eigenvalue weighted by Gasteiger charge is 2.57. The largest absolute Gasteiger partial charge is 0.385 e. The molecular weight excluding hydrogens is 428 g/mol. The van der Waals surface area contributed by atoms with Gasteiger partial charge in [0.2, 0.25) is 10.3 Å². The first-order valence-corrected chi connectivity index (χ1v) is 9.53. The van der Waals surface area contributed by atoms with E-state index in [9.17, 15) is 30.0 Å². The van der Waals surface area contributed by atoms with Gasteiger partial charge in [-0.05, 0) is 34.0 Å². The third kappa shape index (κ3) is 4.92. The van der Waals surface area contributed by atoms with Gasteiger partial charge in [0, 0.05) is 12.8 Å². The van der Waals surface area contributed by atoms with Crippen molar-refractivity contribution in [3.05, 3.63) is 71.8 Å². The third-order valence-electron chi connectivity index (χ3n) is 4.60. The molecule has 0 aliphatic rings. The van der Waals surface area contributed by atoms with Crippen LogP contribution in [0.1, 0.15) is 18.1 Å². The van der Waals surface area contributed by atoms with E-state index in [1.807, 2.05) is 0 Å². The molecule has 4 N–H and O–H groups in total. The van der Waals surface area contributed by atoms with Gasteiger partial charge in [-0.1, -0.05) is 60.7 Å². The first kappa shape index (κ1) is 22.4. The van der Waals surface area contributed by atoms with Crippen LogP contribution in [0.25, 0.3) is 0 Å². The number of hydrogen-bond donors (Lipinski definition) is 4. The Bertz CT molecular complexity index is 735. The minimum Gasteiger partial charge on any atom is -0.385 e. The molecule has 0 heterocycles. The number of rotatable bonds is 9. The SMILES string of the molecule is C[C@@](O)(C(=O)C(O)Cc1ccccc1)[C@@](O)(Br)C(=O)C(O)Cc1ccccc1. The van der Waals surface area contributed by atoms with Gasteiger partial charge in [-0.2, -0.15) is 0 Å². The minimum absolute atomic E-state index is 0.0976. The Balaban J connectivity index is 2.14. The van der Waals surface area contributed by atoms with Crippen LogP contribution in [0.15, 0.2) is 60.7 Å². The van der Waals surface area contributed by atoms with Crippen molar-refractivity contribution in [2.45, 2.75) is 42.1 Å². The average Bonchev–Trinajstić information content (AvgIpc) is 2.68. The highest BCUT2D eigenvalue weighted by atomic mass is 79.9.